The Balaban J connectivity index is 2.20. The lowest BCUT2D eigenvalue weighted by Gasteiger charge is -2.22. The SMILES string of the molecule is Cc1nn(C(C)(C)C)c(OC(=O)c2ccccc2Br)c1S(=O)(=O)c1ccccc1. The average molecular weight is 477 g/mol. The zero-order valence-corrected chi connectivity index (χ0v) is 18.9. The molecule has 1 aromatic heterocycles. The molecule has 3 aromatic rings. The van der Waals surface area contributed by atoms with Crippen molar-refractivity contribution >= 4 is 31.7 Å². The summed E-state index contributed by atoms with van der Waals surface area (Å²) in [5.41, 5.74) is -0.0627. The Kier molecular flexibility index (Phi) is 5.69. The van der Waals surface area contributed by atoms with E-state index < -0.39 is 21.3 Å². The Morgan fingerprint density at radius 3 is 2.21 bits per heavy atom. The van der Waals surface area contributed by atoms with Gasteiger partial charge in [0.2, 0.25) is 15.7 Å². The van der Waals surface area contributed by atoms with Crippen LogP contribution >= 0.6 is 15.9 Å². The van der Waals surface area contributed by atoms with Crippen LogP contribution in [-0.4, -0.2) is 24.2 Å². The van der Waals surface area contributed by atoms with Crippen LogP contribution < -0.4 is 4.74 Å². The zero-order chi connectivity index (χ0) is 21.4. The number of hydrogen-bond acceptors (Lipinski definition) is 5. The summed E-state index contributed by atoms with van der Waals surface area (Å²) >= 11 is 3.33. The van der Waals surface area contributed by atoms with E-state index in [1.165, 1.54) is 16.8 Å². The lowest BCUT2D eigenvalue weighted by molar-refractivity contribution is 0.0702. The summed E-state index contributed by atoms with van der Waals surface area (Å²) in [6.45, 7) is 7.16. The summed E-state index contributed by atoms with van der Waals surface area (Å²) < 4.78 is 34.3. The average Bonchev–Trinajstić information content (AvgIpc) is 2.99. The molecular formula is C21H21BrN2O4S. The van der Waals surface area contributed by atoms with Crippen LogP contribution in [-0.2, 0) is 15.4 Å². The number of rotatable bonds is 4. The van der Waals surface area contributed by atoms with Crippen molar-refractivity contribution in [3.05, 3.63) is 70.3 Å². The van der Waals surface area contributed by atoms with Crippen LogP contribution in [0.1, 0.15) is 36.8 Å². The number of carbonyl (C=O) groups excluding carboxylic acids is 1. The molecule has 1 heterocycles. The quantitative estimate of drug-likeness (QED) is 0.507. The summed E-state index contributed by atoms with van der Waals surface area (Å²) in [7, 11) is -3.95. The zero-order valence-electron chi connectivity index (χ0n) is 16.5. The lowest BCUT2D eigenvalue weighted by Crippen LogP contribution is -2.26. The van der Waals surface area contributed by atoms with Crippen molar-refractivity contribution in [1.29, 1.82) is 0 Å². The fourth-order valence-corrected chi connectivity index (χ4v) is 4.82. The van der Waals surface area contributed by atoms with Crippen molar-refractivity contribution in [2.45, 2.75) is 43.0 Å². The Labute approximate surface area is 178 Å². The number of benzene rings is 2. The third-order valence-electron chi connectivity index (χ3n) is 4.21. The van der Waals surface area contributed by atoms with Gasteiger partial charge in [-0.1, -0.05) is 30.3 Å². The van der Waals surface area contributed by atoms with E-state index in [1.807, 2.05) is 20.8 Å². The summed E-state index contributed by atoms with van der Waals surface area (Å²) in [4.78, 5) is 12.8. The normalized spacial score (nSPS) is 12.0. The summed E-state index contributed by atoms with van der Waals surface area (Å²) in [5.74, 6) is -0.771. The van der Waals surface area contributed by atoms with E-state index in [0.717, 1.165) is 0 Å². The van der Waals surface area contributed by atoms with Gasteiger partial charge in [0.1, 0.15) is 0 Å². The lowest BCUT2D eigenvalue weighted by atomic mass is 10.1. The van der Waals surface area contributed by atoms with E-state index >= 15 is 0 Å². The molecule has 0 bridgehead atoms. The number of hydrogen-bond donors (Lipinski definition) is 0. The summed E-state index contributed by atoms with van der Waals surface area (Å²) in [6.07, 6.45) is 0. The highest BCUT2D eigenvalue weighted by atomic mass is 79.9. The van der Waals surface area contributed by atoms with E-state index in [2.05, 4.69) is 21.0 Å². The van der Waals surface area contributed by atoms with E-state index in [9.17, 15) is 13.2 Å². The molecule has 0 aliphatic rings. The molecule has 0 amide bonds. The summed E-state index contributed by atoms with van der Waals surface area (Å²) in [5, 5.41) is 4.39. The predicted molar refractivity (Wildman–Crippen MR) is 113 cm³/mol. The van der Waals surface area contributed by atoms with E-state index in [-0.39, 0.29) is 26.9 Å². The topological polar surface area (TPSA) is 78.3 Å². The molecule has 0 unspecified atom stereocenters. The minimum Gasteiger partial charge on any atom is -0.403 e. The molecule has 0 atom stereocenters. The number of nitrogens with zero attached hydrogens (tertiary/aromatic N) is 2. The highest BCUT2D eigenvalue weighted by Gasteiger charge is 2.34. The van der Waals surface area contributed by atoms with Crippen molar-refractivity contribution in [3.8, 4) is 5.88 Å². The van der Waals surface area contributed by atoms with Crippen LogP contribution in [0.4, 0.5) is 0 Å². The second kappa shape index (κ2) is 7.76. The van der Waals surface area contributed by atoms with Crippen molar-refractivity contribution in [3.63, 3.8) is 0 Å². The van der Waals surface area contributed by atoms with Gasteiger partial charge in [-0.15, -0.1) is 0 Å². The largest absolute Gasteiger partial charge is 0.403 e. The number of carbonyl (C=O) groups is 1. The third kappa shape index (κ3) is 4.13. The van der Waals surface area contributed by atoms with Gasteiger partial charge in [-0.3, -0.25) is 0 Å². The fraction of sp³-hybridized carbons (Fsp3) is 0.238. The standard InChI is InChI=1S/C21H21BrN2O4S/c1-14-18(29(26,27)15-10-6-5-7-11-15)19(24(23-14)21(2,3)4)28-20(25)16-12-8-9-13-17(16)22/h5-13H,1-4H3. The molecule has 0 spiro atoms. The van der Waals surface area contributed by atoms with Gasteiger partial charge in [0, 0.05) is 4.47 Å². The first kappa shape index (κ1) is 21.3. The number of aromatic nitrogens is 2. The van der Waals surface area contributed by atoms with Gasteiger partial charge in [0.15, 0.2) is 4.90 Å². The van der Waals surface area contributed by atoms with Crippen LogP contribution in [0.2, 0.25) is 0 Å². The number of halogens is 1. The molecule has 0 aliphatic heterocycles. The van der Waals surface area contributed by atoms with Gasteiger partial charge in [0.05, 0.1) is 21.7 Å². The molecule has 3 rings (SSSR count). The first-order valence-corrected chi connectivity index (χ1v) is 11.2. The van der Waals surface area contributed by atoms with Gasteiger partial charge in [-0.05, 0) is 67.9 Å². The van der Waals surface area contributed by atoms with Crippen molar-refractivity contribution in [2.24, 2.45) is 0 Å². The Morgan fingerprint density at radius 1 is 1.03 bits per heavy atom. The molecule has 0 fully saturated rings. The Hall–Kier alpha value is -2.45. The van der Waals surface area contributed by atoms with Crippen molar-refractivity contribution in [2.75, 3.05) is 0 Å². The number of ether oxygens (including phenoxy) is 1. The first-order chi connectivity index (χ1) is 13.5. The molecule has 152 valence electrons. The van der Waals surface area contributed by atoms with Crippen LogP contribution in [0, 0.1) is 6.92 Å². The molecule has 0 aliphatic carbocycles. The molecule has 0 radical (unpaired) electrons. The number of aryl methyl sites for hydroxylation is 1. The Bertz CT molecular complexity index is 1160. The Morgan fingerprint density at radius 2 is 1.62 bits per heavy atom. The maximum Gasteiger partial charge on any atom is 0.346 e. The first-order valence-electron chi connectivity index (χ1n) is 8.90. The van der Waals surface area contributed by atoms with Crippen molar-refractivity contribution < 1.29 is 17.9 Å². The summed E-state index contributed by atoms with van der Waals surface area (Å²) in [6, 6.07) is 14.8. The maximum atomic E-state index is 13.3. The minimum atomic E-state index is -3.95. The number of sulfone groups is 1. The third-order valence-corrected chi connectivity index (χ3v) is 6.80. The van der Waals surface area contributed by atoms with E-state index in [1.54, 1.807) is 49.4 Å². The second-order valence-electron chi connectivity index (χ2n) is 7.49. The van der Waals surface area contributed by atoms with Gasteiger partial charge < -0.3 is 4.74 Å². The van der Waals surface area contributed by atoms with Gasteiger partial charge in [-0.25, -0.2) is 17.9 Å². The minimum absolute atomic E-state index is 0.0976. The van der Waals surface area contributed by atoms with Gasteiger partial charge in [0.25, 0.3) is 0 Å². The highest BCUT2D eigenvalue weighted by molar-refractivity contribution is 9.10. The molecule has 8 heteroatoms. The van der Waals surface area contributed by atoms with Gasteiger partial charge in [-0.2, -0.15) is 5.10 Å². The van der Waals surface area contributed by atoms with Crippen LogP contribution in [0.3, 0.4) is 0 Å². The van der Waals surface area contributed by atoms with Crippen LogP contribution in [0.15, 0.2) is 68.9 Å². The fourth-order valence-electron chi connectivity index (χ4n) is 2.83. The maximum absolute atomic E-state index is 13.3. The van der Waals surface area contributed by atoms with Gasteiger partial charge >= 0.3 is 5.97 Å². The molecule has 2 aromatic carbocycles. The molecule has 0 saturated carbocycles. The molecule has 6 nitrogen and oxygen atoms in total. The van der Waals surface area contributed by atoms with Crippen LogP contribution in [0.25, 0.3) is 0 Å². The van der Waals surface area contributed by atoms with Crippen molar-refractivity contribution in [1.82, 2.24) is 9.78 Å². The monoisotopic (exact) mass is 476 g/mol. The second-order valence-corrected chi connectivity index (χ2v) is 10.2. The molecule has 0 saturated heterocycles. The molecule has 29 heavy (non-hydrogen) atoms. The smallest absolute Gasteiger partial charge is 0.346 e. The van der Waals surface area contributed by atoms with E-state index in [4.69, 9.17) is 4.74 Å². The number of esters is 1. The predicted octanol–water partition coefficient (Wildman–Crippen LogP) is 4.76. The molecule has 0 N–H and O–H groups in total. The highest BCUT2D eigenvalue weighted by Crippen LogP contribution is 2.36. The van der Waals surface area contributed by atoms with E-state index in [0.29, 0.717) is 4.47 Å². The van der Waals surface area contributed by atoms with Crippen LogP contribution in [0.5, 0.6) is 5.88 Å². The molecular weight excluding hydrogens is 456 g/mol.